The van der Waals surface area contributed by atoms with E-state index in [4.69, 9.17) is 11.6 Å². The molecule has 1 aromatic carbocycles. The normalized spacial score (nSPS) is 13.8. The van der Waals surface area contributed by atoms with Crippen molar-refractivity contribution in [2.75, 3.05) is 11.1 Å². The molecule has 1 aliphatic carbocycles. The fourth-order valence-electron chi connectivity index (χ4n) is 2.61. The highest BCUT2D eigenvalue weighted by atomic mass is 35.5. The van der Waals surface area contributed by atoms with E-state index in [0.717, 1.165) is 23.8 Å². The topological polar surface area (TPSA) is 90.5 Å². The second-order valence-electron chi connectivity index (χ2n) is 6.01. The molecule has 2 heterocycles. The zero-order chi connectivity index (χ0) is 18.1. The fourth-order valence-corrected chi connectivity index (χ4v) is 3.50. The van der Waals surface area contributed by atoms with Crippen LogP contribution < -0.4 is 5.32 Å². The van der Waals surface area contributed by atoms with Crippen molar-refractivity contribution >= 4 is 35.0 Å². The van der Waals surface area contributed by atoms with Gasteiger partial charge in [0, 0.05) is 18.0 Å². The largest absolute Gasteiger partial charge is 0.323 e. The Hall–Kier alpha value is -2.39. The standard InChI is InChI=1S/C16H16ClN7OS/c1-23-15(10-2-3-10)21-22-16(23)26-7-14(25)20-12-6-11(17)4-5-13(12)24-9-18-8-19-24/h4-6,8-10H,2-3,7H2,1H3,(H,20,25). The molecule has 0 atom stereocenters. The summed E-state index contributed by atoms with van der Waals surface area (Å²) in [5.74, 6) is 1.58. The van der Waals surface area contributed by atoms with Crippen molar-refractivity contribution in [2.45, 2.75) is 23.9 Å². The molecule has 1 fully saturated rings. The second-order valence-corrected chi connectivity index (χ2v) is 7.39. The van der Waals surface area contributed by atoms with Crippen molar-refractivity contribution < 1.29 is 4.79 Å². The molecule has 0 radical (unpaired) electrons. The number of halogens is 1. The molecule has 1 N–H and O–H groups in total. The van der Waals surface area contributed by atoms with E-state index in [0.29, 0.717) is 22.3 Å². The Morgan fingerprint density at radius 3 is 2.96 bits per heavy atom. The Morgan fingerprint density at radius 1 is 1.38 bits per heavy atom. The molecular weight excluding hydrogens is 374 g/mol. The lowest BCUT2D eigenvalue weighted by Gasteiger charge is -2.11. The van der Waals surface area contributed by atoms with Crippen molar-refractivity contribution in [3.8, 4) is 5.69 Å². The third-order valence-corrected chi connectivity index (χ3v) is 5.30. The molecule has 0 unspecified atom stereocenters. The third-order valence-electron chi connectivity index (χ3n) is 4.04. The summed E-state index contributed by atoms with van der Waals surface area (Å²) < 4.78 is 3.54. The van der Waals surface area contributed by atoms with Gasteiger partial charge in [0.1, 0.15) is 18.5 Å². The van der Waals surface area contributed by atoms with Crippen LogP contribution in [0, 0.1) is 0 Å². The first-order valence-corrected chi connectivity index (χ1v) is 9.44. The smallest absolute Gasteiger partial charge is 0.234 e. The highest BCUT2D eigenvalue weighted by Gasteiger charge is 2.29. The number of amides is 1. The summed E-state index contributed by atoms with van der Waals surface area (Å²) >= 11 is 7.43. The molecule has 10 heteroatoms. The molecule has 0 saturated heterocycles. The summed E-state index contributed by atoms with van der Waals surface area (Å²) in [4.78, 5) is 16.3. The van der Waals surface area contributed by atoms with Gasteiger partial charge >= 0.3 is 0 Å². The first-order valence-electron chi connectivity index (χ1n) is 8.08. The van der Waals surface area contributed by atoms with E-state index in [2.05, 4.69) is 25.6 Å². The minimum atomic E-state index is -0.158. The summed E-state index contributed by atoms with van der Waals surface area (Å²) in [6.45, 7) is 0. The Morgan fingerprint density at radius 2 is 2.23 bits per heavy atom. The van der Waals surface area contributed by atoms with Crippen LogP contribution in [0.15, 0.2) is 36.0 Å². The monoisotopic (exact) mass is 389 g/mol. The van der Waals surface area contributed by atoms with Crippen molar-refractivity contribution in [3.05, 3.63) is 41.7 Å². The van der Waals surface area contributed by atoms with Gasteiger partial charge < -0.3 is 9.88 Å². The van der Waals surface area contributed by atoms with E-state index in [1.165, 1.54) is 18.1 Å². The van der Waals surface area contributed by atoms with Crippen LogP contribution in [-0.2, 0) is 11.8 Å². The van der Waals surface area contributed by atoms with Gasteiger partial charge in [-0.1, -0.05) is 23.4 Å². The number of aromatic nitrogens is 6. The van der Waals surface area contributed by atoms with Crippen molar-refractivity contribution in [1.29, 1.82) is 0 Å². The molecule has 1 amide bonds. The van der Waals surface area contributed by atoms with Gasteiger partial charge in [-0.15, -0.1) is 10.2 Å². The number of rotatable bonds is 6. The molecule has 3 aromatic rings. The predicted molar refractivity (Wildman–Crippen MR) is 98.7 cm³/mol. The van der Waals surface area contributed by atoms with Crippen LogP contribution in [0.4, 0.5) is 5.69 Å². The van der Waals surface area contributed by atoms with Gasteiger partial charge in [-0.2, -0.15) is 5.10 Å². The molecule has 8 nitrogen and oxygen atoms in total. The van der Waals surface area contributed by atoms with E-state index in [-0.39, 0.29) is 11.7 Å². The number of nitrogens with zero attached hydrogens (tertiary/aromatic N) is 6. The molecule has 2 aromatic heterocycles. The molecule has 1 saturated carbocycles. The maximum absolute atomic E-state index is 12.4. The van der Waals surface area contributed by atoms with Crippen LogP contribution in [0.5, 0.6) is 0 Å². The number of nitrogens with one attached hydrogen (secondary N) is 1. The number of hydrogen-bond acceptors (Lipinski definition) is 6. The van der Waals surface area contributed by atoms with E-state index in [9.17, 15) is 4.79 Å². The Labute approximate surface area is 159 Å². The molecule has 4 rings (SSSR count). The average Bonchev–Trinajstić information content (AvgIpc) is 3.17. The maximum Gasteiger partial charge on any atom is 0.234 e. The molecule has 134 valence electrons. The van der Waals surface area contributed by atoms with Crippen molar-refractivity contribution in [3.63, 3.8) is 0 Å². The summed E-state index contributed by atoms with van der Waals surface area (Å²) in [7, 11) is 1.94. The first-order chi connectivity index (χ1) is 12.6. The van der Waals surface area contributed by atoms with E-state index >= 15 is 0 Å². The molecule has 0 spiro atoms. The Balaban J connectivity index is 1.44. The number of carbonyl (C=O) groups excluding carboxylic acids is 1. The number of benzene rings is 1. The van der Waals surface area contributed by atoms with Crippen molar-refractivity contribution in [1.82, 2.24) is 29.5 Å². The van der Waals surface area contributed by atoms with Gasteiger partial charge in [-0.3, -0.25) is 4.79 Å². The molecule has 1 aliphatic rings. The van der Waals surface area contributed by atoms with Crippen LogP contribution in [0.25, 0.3) is 5.69 Å². The number of anilines is 1. The number of hydrogen-bond donors (Lipinski definition) is 1. The van der Waals surface area contributed by atoms with Gasteiger partial charge in [-0.05, 0) is 31.0 Å². The SMILES string of the molecule is Cn1c(SCC(=O)Nc2cc(Cl)ccc2-n2cncn2)nnc1C1CC1. The lowest BCUT2D eigenvalue weighted by atomic mass is 10.2. The molecule has 0 bridgehead atoms. The van der Waals surface area contributed by atoms with Gasteiger partial charge in [0.15, 0.2) is 5.16 Å². The quantitative estimate of drug-likeness (QED) is 0.652. The summed E-state index contributed by atoms with van der Waals surface area (Å²) in [6.07, 6.45) is 5.32. The minimum Gasteiger partial charge on any atom is -0.323 e. The van der Waals surface area contributed by atoms with E-state index in [1.54, 1.807) is 29.2 Å². The fraction of sp³-hybridized carbons (Fsp3) is 0.312. The van der Waals surface area contributed by atoms with Gasteiger partial charge in [0.25, 0.3) is 0 Å². The Bertz CT molecular complexity index is 936. The van der Waals surface area contributed by atoms with Crippen LogP contribution in [0.1, 0.15) is 24.6 Å². The zero-order valence-corrected chi connectivity index (χ0v) is 15.5. The highest BCUT2D eigenvalue weighted by Crippen LogP contribution is 2.39. The lowest BCUT2D eigenvalue weighted by molar-refractivity contribution is -0.113. The molecule has 26 heavy (non-hydrogen) atoms. The summed E-state index contributed by atoms with van der Waals surface area (Å²) in [6, 6.07) is 5.21. The molecular formula is C16H16ClN7OS. The zero-order valence-electron chi connectivity index (χ0n) is 14.0. The third kappa shape index (κ3) is 3.58. The lowest BCUT2D eigenvalue weighted by Crippen LogP contribution is -2.16. The van der Waals surface area contributed by atoms with Crippen LogP contribution >= 0.6 is 23.4 Å². The second kappa shape index (κ2) is 7.08. The van der Waals surface area contributed by atoms with Crippen molar-refractivity contribution in [2.24, 2.45) is 7.05 Å². The summed E-state index contributed by atoms with van der Waals surface area (Å²) in [5.41, 5.74) is 1.27. The van der Waals surface area contributed by atoms with Crippen LogP contribution in [0.3, 0.4) is 0 Å². The highest BCUT2D eigenvalue weighted by molar-refractivity contribution is 7.99. The minimum absolute atomic E-state index is 0.158. The van der Waals surface area contributed by atoms with Gasteiger partial charge in [0.2, 0.25) is 5.91 Å². The van der Waals surface area contributed by atoms with Gasteiger partial charge in [-0.25, -0.2) is 9.67 Å². The first kappa shape index (κ1) is 17.0. The predicted octanol–water partition coefficient (Wildman–Crippen LogP) is 2.66. The van der Waals surface area contributed by atoms with E-state index < -0.39 is 0 Å². The number of carbonyl (C=O) groups is 1. The number of thioether (sulfide) groups is 1. The Kier molecular flexibility index (Phi) is 4.64. The van der Waals surface area contributed by atoms with Crippen LogP contribution in [-0.4, -0.2) is 41.2 Å². The molecule has 0 aliphatic heterocycles. The average molecular weight is 390 g/mol. The van der Waals surface area contributed by atoms with Crippen LogP contribution in [0.2, 0.25) is 5.02 Å². The summed E-state index contributed by atoms with van der Waals surface area (Å²) in [5, 5.41) is 16.7. The van der Waals surface area contributed by atoms with E-state index in [1.807, 2.05) is 11.6 Å². The maximum atomic E-state index is 12.4. The van der Waals surface area contributed by atoms with Gasteiger partial charge in [0.05, 0.1) is 17.1 Å².